The van der Waals surface area contributed by atoms with Gasteiger partial charge in [0.05, 0.1) is 19.6 Å². The van der Waals surface area contributed by atoms with Crippen molar-refractivity contribution < 1.29 is 14.6 Å². The van der Waals surface area contributed by atoms with E-state index in [4.69, 9.17) is 15.9 Å². The van der Waals surface area contributed by atoms with Gasteiger partial charge in [-0.1, -0.05) is 5.92 Å². The van der Waals surface area contributed by atoms with Gasteiger partial charge in [-0.25, -0.2) is 0 Å². The Morgan fingerprint density at radius 3 is 1.94 bits per heavy atom. The van der Waals surface area contributed by atoms with Crippen molar-refractivity contribution in [2.75, 3.05) is 14.2 Å². The third-order valence-corrected chi connectivity index (χ3v) is 2.56. The third-order valence-electron chi connectivity index (χ3n) is 2.56. The van der Waals surface area contributed by atoms with Crippen molar-refractivity contribution in [3.05, 3.63) is 17.7 Å². The van der Waals surface area contributed by atoms with E-state index in [1.807, 2.05) is 13.8 Å². The van der Waals surface area contributed by atoms with E-state index in [9.17, 15) is 5.11 Å². The first-order chi connectivity index (χ1) is 7.46. The Labute approximate surface area is 96.0 Å². The average molecular weight is 220 g/mol. The molecule has 0 aliphatic rings. The summed E-state index contributed by atoms with van der Waals surface area (Å²) < 4.78 is 10.1. The van der Waals surface area contributed by atoms with Gasteiger partial charge in [0.15, 0.2) is 11.5 Å². The van der Waals surface area contributed by atoms with Crippen LogP contribution in [0.1, 0.15) is 19.4 Å². The van der Waals surface area contributed by atoms with E-state index in [0.29, 0.717) is 11.5 Å². The summed E-state index contributed by atoms with van der Waals surface area (Å²) in [4.78, 5) is 0. The van der Waals surface area contributed by atoms with E-state index in [2.05, 4.69) is 5.92 Å². The van der Waals surface area contributed by atoms with Crippen molar-refractivity contribution in [3.63, 3.8) is 0 Å². The molecule has 0 fully saturated rings. The fourth-order valence-electron chi connectivity index (χ4n) is 1.34. The van der Waals surface area contributed by atoms with Crippen LogP contribution in [0, 0.1) is 12.3 Å². The maximum atomic E-state index is 9.75. The molecule has 0 amide bonds. The molecule has 16 heavy (non-hydrogen) atoms. The van der Waals surface area contributed by atoms with Crippen molar-refractivity contribution in [1.29, 1.82) is 0 Å². The molecule has 0 atom stereocenters. The van der Waals surface area contributed by atoms with Crippen LogP contribution >= 0.6 is 0 Å². The molecule has 0 saturated carbocycles. The van der Waals surface area contributed by atoms with Crippen LogP contribution in [0.3, 0.4) is 0 Å². The number of phenolic OH excluding ortho intramolecular Hbond substituents is 1. The Kier molecular flexibility index (Phi) is 3.34. The number of ether oxygens (including phenoxy) is 2. The second kappa shape index (κ2) is 4.36. The van der Waals surface area contributed by atoms with Crippen LogP contribution in [0.5, 0.6) is 17.2 Å². The molecule has 0 aromatic heterocycles. The normalized spacial score (nSPS) is 10.7. The van der Waals surface area contributed by atoms with Crippen molar-refractivity contribution in [2.24, 2.45) is 0 Å². The molecule has 0 radical (unpaired) electrons. The molecule has 3 nitrogen and oxygen atoms in total. The minimum Gasteiger partial charge on any atom is -0.502 e. The maximum absolute atomic E-state index is 9.75. The smallest absolute Gasteiger partial charge is 0.200 e. The van der Waals surface area contributed by atoms with Crippen molar-refractivity contribution in [1.82, 2.24) is 0 Å². The summed E-state index contributed by atoms with van der Waals surface area (Å²) in [5, 5.41) is 9.75. The number of terminal acetylenes is 1. The maximum Gasteiger partial charge on any atom is 0.200 e. The predicted molar refractivity (Wildman–Crippen MR) is 63.1 cm³/mol. The van der Waals surface area contributed by atoms with Gasteiger partial charge < -0.3 is 14.6 Å². The number of hydrogen-bond acceptors (Lipinski definition) is 3. The standard InChI is InChI=1S/C13H16O3/c1-6-13(2,3)9-7-10(15-4)12(14)11(8-9)16-5/h1,7-8,14H,2-5H3. The van der Waals surface area contributed by atoms with Crippen LogP contribution in [0.15, 0.2) is 12.1 Å². The highest BCUT2D eigenvalue weighted by atomic mass is 16.5. The molecule has 86 valence electrons. The quantitative estimate of drug-likeness (QED) is 0.794. The van der Waals surface area contributed by atoms with E-state index in [1.54, 1.807) is 12.1 Å². The van der Waals surface area contributed by atoms with Crippen LogP contribution < -0.4 is 9.47 Å². The van der Waals surface area contributed by atoms with Gasteiger partial charge in [0.2, 0.25) is 5.75 Å². The fraction of sp³-hybridized carbons (Fsp3) is 0.385. The average Bonchev–Trinajstić information content (AvgIpc) is 2.29. The summed E-state index contributed by atoms with van der Waals surface area (Å²) in [5.41, 5.74) is 0.426. The van der Waals surface area contributed by atoms with E-state index in [0.717, 1.165) is 5.56 Å². The highest BCUT2D eigenvalue weighted by molar-refractivity contribution is 5.55. The Hall–Kier alpha value is -1.82. The van der Waals surface area contributed by atoms with Crippen molar-refractivity contribution in [2.45, 2.75) is 19.3 Å². The van der Waals surface area contributed by atoms with Crippen molar-refractivity contribution in [3.8, 4) is 29.6 Å². The molecule has 3 heteroatoms. The molecule has 0 saturated heterocycles. The van der Waals surface area contributed by atoms with Gasteiger partial charge in [0.25, 0.3) is 0 Å². The van der Waals surface area contributed by atoms with Crippen LogP contribution in [0.4, 0.5) is 0 Å². The zero-order valence-electron chi connectivity index (χ0n) is 10.00. The second-order valence-electron chi connectivity index (χ2n) is 4.00. The summed E-state index contributed by atoms with van der Waals surface area (Å²) in [6, 6.07) is 3.44. The zero-order valence-corrected chi connectivity index (χ0v) is 10.00. The lowest BCUT2D eigenvalue weighted by atomic mass is 9.85. The summed E-state index contributed by atoms with van der Waals surface area (Å²) in [7, 11) is 2.97. The lowest BCUT2D eigenvalue weighted by Crippen LogP contribution is -2.14. The van der Waals surface area contributed by atoms with Crippen LogP contribution in [0.2, 0.25) is 0 Å². The highest BCUT2D eigenvalue weighted by Crippen LogP contribution is 2.40. The molecular weight excluding hydrogens is 204 g/mol. The summed E-state index contributed by atoms with van der Waals surface area (Å²) in [6.45, 7) is 3.83. The van der Waals surface area contributed by atoms with E-state index in [-0.39, 0.29) is 5.75 Å². The highest BCUT2D eigenvalue weighted by Gasteiger charge is 2.21. The monoisotopic (exact) mass is 220 g/mol. The molecular formula is C13H16O3. The lowest BCUT2D eigenvalue weighted by molar-refractivity contribution is 0.338. The summed E-state index contributed by atoms with van der Waals surface area (Å²) >= 11 is 0. The van der Waals surface area contributed by atoms with Crippen LogP contribution in [-0.2, 0) is 5.41 Å². The van der Waals surface area contributed by atoms with E-state index >= 15 is 0 Å². The molecule has 0 aliphatic heterocycles. The Balaban J connectivity index is 3.40. The number of benzene rings is 1. The Morgan fingerprint density at radius 2 is 1.62 bits per heavy atom. The summed E-state index contributed by atoms with van der Waals surface area (Å²) in [6.07, 6.45) is 5.47. The van der Waals surface area contributed by atoms with Crippen LogP contribution in [-0.4, -0.2) is 19.3 Å². The van der Waals surface area contributed by atoms with Gasteiger partial charge in [0, 0.05) is 0 Å². The van der Waals surface area contributed by atoms with Gasteiger partial charge in [-0.05, 0) is 31.5 Å². The van der Waals surface area contributed by atoms with Gasteiger partial charge in [-0.2, -0.15) is 0 Å². The molecule has 1 aromatic rings. The van der Waals surface area contributed by atoms with Gasteiger partial charge >= 0.3 is 0 Å². The van der Waals surface area contributed by atoms with Gasteiger partial charge in [-0.15, -0.1) is 6.42 Å². The van der Waals surface area contributed by atoms with Gasteiger partial charge in [-0.3, -0.25) is 0 Å². The van der Waals surface area contributed by atoms with E-state index < -0.39 is 5.41 Å². The minimum absolute atomic E-state index is 0.0124. The zero-order chi connectivity index (χ0) is 12.3. The molecule has 0 spiro atoms. The first kappa shape index (κ1) is 12.3. The SMILES string of the molecule is C#CC(C)(C)c1cc(OC)c(O)c(OC)c1. The number of phenols is 1. The number of hydrogen-bond donors (Lipinski definition) is 1. The lowest BCUT2D eigenvalue weighted by Gasteiger charge is -2.20. The Morgan fingerprint density at radius 1 is 1.19 bits per heavy atom. The molecule has 1 N–H and O–H groups in total. The first-order valence-electron chi connectivity index (χ1n) is 4.89. The molecule has 1 aromatic carbocycles. The molecule has 0 unspecified atom stereocenters. The van der Waals surface area contributed by atoms with E-state index in [1.165, 1.54) is 14.2 Å². The third kappa shape index (κ3) is 2.06. The largest absolute Gasteiger partial charge is 0.502 e. The number of aromatic hydroxyl groups is 1. The number of rotatable bonds is 3. The Bertz CT molecular complexity index is 402. The first-order valence-corrected chi connectivity index (χ1v) is 4.89. The molecule has 0 heterocycles. The number of methoxy groups -OCH3 is 2. The molecule has 1 rings (SSSR count). The fourth-order valence-corrected chi connectivity index (χ4v) is 1.34. The molecule has 0 aliphatic carbocycles. The predicted octanol–water partition coefficient (Wildman–Crippen LogP) is 2.32. The molecule has 0 bridgehead atoms. The topological polar surface area (TPSA) is 38.7 Å². The summed E-state index contributed by atoms with van der Waals surface area (Å²) in [5.74, 6) is 3.39. The van der Waals surface area contributed by atoms with Gasteiger partial charge in [0.1, 0.15) is 0 Å². The van der Waals surface area contributed by atoms with Crippen LogP contribution in [0.25, 0.3) is 0 Å². The minimum atomic E-state index is -0.436. The van der Waals surface area contributed by atoms with Crippen molar-refractivity contribution >= 4 is 0 Å². The second-order valence-corrected chi connectivity index (χ2v) is 4.00.